The monoisotopic (exact) mass is 514 g/mol. The first-order valence-corrected chi connectivity index (χ1v) is 10.0. The quantitative estimate of drug-likeness (QED) is 0.173. The minimum Gasteiger partial charge on any atom is -0.277 e. The van der Waals surface area contributed by atoms with E-state index in [0.717, 1.165) is 15.3 Å². The number of thioether (sulfide) groups is 1. The van der Waals surface area contributed by atoms with Crippen LogP contribution in [0.15, 0.2) is 52.4 Å². The summed E-state index contributed by atoms with van der Waals surface area (Å²) in [6.07, 6.45) is 0.363. The predicted octanol–water partition coefficient (Wildman–Crippen LogP) is 2.51. The van der Waals surface area contributed by atoms with Crippen molar-refractivity contribution < 1.29 is 9.59 Å². The molecule has 7 nitrogen and oxygen atoms in total. The Hall–Kier alpha value is -2.11. The average Bonchev–Trinajstić information content (AvgIpc) is 2.66. The fourth-order valence-corrected chi connectivity index (χ4v) is 3.76. The number of benzene rings is 2. The number of rotatable bonds is 6. The maximum Gasteiger partial charge on any atom is 0.266 e. The fourth-order valence-electron chi connectivity index (χ4n) is 2.33. The molecule has 1 heterocycles. The summed E-state index contributed by atoms with van der Waals surface area (Å²) >= 11 is 9.17. The molecule has 0 fully saturated rings. The molecule has 3 aromatic rings. The van der Waals surface area contributed by atoms with Crippen LogP contribution in [0.25, 0.3) is 16.6 Å². The molecule has 138 valence electrons. The molecule has 0 radical (unpaired) electrons. The van der Waals surface area contributed by atoms with Crippen LogP contribution in [0, 0.1) is 3.57 Å². The predicted molar refractivity (Wildman–Crippen MR) is 113 cm³/mol. The normalized spacial score (nSPS) is 10.6. The van der Waals surface area contributed by atoms with Crippen LogP contribution >= 0.6 is 46.0 Å². The number of nitrogens with zero attached hydrogens (tertiary/aromatic N) is 2. The van der Waals surface area contributed by atoms with Crippen LogP contribution in [0.1, 0.15) is 0 Å². The van der Waals surface area contributed by atoms with Gasteiger partial charge in [0.1, 0.15) is 0 Å². The zero-order valence-electron chi connectivity index (χ0n) is 13.6. The van der Waals surface area contributed by atoms with Crippen molar-refractivity contribution in [3.05, 3.63) is 61.4 Å². The summed E-state index contributed by atoms with van der Waals surface area (Å²) < 4.78 is 2.36. The highest BCUT2D eigenvalue weighted by Gasteiger charge is 2.15. The second-order valence-electron chi connectivity index (χ2n) is 5.27. The van der Waals surface area contributed by atoms with Crippen molar-refractivity contribution >= 4 is 69.2 Å². The summed E-state index contributed by atoms with van der Waals surface area (Å²) in [6, 6.07) is 12.2. The van der Waals surface area contributed by atoms with Gasteiger partial charge in [0.2, 0.25) is 12.3 Å². The first kappa shape index (κ1) is 19.6. The number of hydrazine groups is 1. The van der Waals surface area contributed by atoms with Crippen molar-refractivity contribution in [3.8, 4) is 5.69 Å². The summed E-state index contributed by atoms with van der Waals surface area (Å²) in [4.78, 5) is 39.7. The van der Waals surface area contributed by atoms with E-state index in [2.05, 4.69) is 38.4 Å². The summed E-state index contributed by atoms with van der Waals surface area (Å²) in [6.45, 7) is 0. The fraction of sp³-hybridized carbons (Fsp3) is 0.0588. The molecule has 0 atom stereocenters. The number of carbonyl (C=O) groups excluding carboxylic acids is 2. The third kappa shape index (κ3) is 4.60. The zero-order chi connectivity index (χ0) is 19.4. The highest BCUT2D eigenvalue weighted by molar-refractivity contribution is 14.1. The summed E-state index contributed by atoms with van der Waals surface area (Å²) in [7, 11) is 0. The van der Waals surface area contributed by atoms with Gasteiger partial charge in [-0.15, -0.1) is 0 Å². The molecule has 0 aliphatic heterocycles. The number of hydrogen-bond donors (Lipinski definition) is 2. The van der Waals surface area contributed by atoms with Crippen LogP contribution in [0.2, 0.25) is 5.02 Å². The Morgan fingerprint density at radius 1 is 1.26 bits per heavy atom. The Morgan fingerprint density at radius 2 is 2.00 bits per heavy atom. The molecule has 0 saturated carbocycles. The lowest BCUT2D eigenvalue weighted by atomic mass is 10.2. The van der Waals surface area contributed by atoms with Gasteiger partial charge >= 0.3 is 0 Å². The number of carbonyl (C=O) groups is 2. The van der Waals surface area contributed by atoms with Gasteiger partial charge in [0, 0.05) is 8.59 Å². The van der Waals surface area contributed by atoms with Crippen molar-refractivity contribution in [2.45, 2.75) is 5.16 Å². The molecule has 2 N–H and O–H groups in total. The lowest BCUT2D eigenvalue weighted by molar-refractivity contribution is -0.122. The molecule has 0 spiro atoms. The van der Waals surface area contributed by atoms with Gasteiger partial charge in [-0.3, -0.25) is 29.8 Å². The van der Waals surface area contributed by atoms with Crippen molar-refractivity contribution in [1.82, 2.24) is 20.4 Å². The molecule has 10 heteroatoms. The standard InChI is InChI=1S/C17H12ClIN4O3S/c18-10-1-4-12(5-2-10)23-16(26)13-7-11(19)3-6-14(13)21-17(23)27-8-15(25)22-20-9-24/h1-7,9H,8H2,(H,20,24)(H,22,25). The summed E-state index contributed by atoms with van der Waals surface area (Å²) in [5.74, 6) is -0.455. The Labute approximate surface area is 176 Å². The summed E-state index contributed by atoms with van der Waals surface area (Å²) in [5.41, 5.74) is 5.19. The van der Waals surface area contributed by atoms with Crippen LogP contribution in [-0.2, 0) is 9.59 Å². The van der Waals surface area contributed by atoms with E-state index in [1.54, 1.807) is 36.4 Å². The van der Waals surface area contributed by atoms with Gasteiger partial charge in [-0.05, 0) is 65.1 Å². The van der Waals surface area contributed by atoms with E-state index < -0.39 is 5.91 Å². The lowest BCUT2D eigenvalue weighted by Gasteiger charge is -2.13. The molecule has 1 aromatic heterocycles. The van der Waals surface area contributed by atoms with Gasteiger partial charge < -0.3 is 0 Å². The van der Waals surface area contributed by atoms with E-state index in [1.807, 2.05) is 6.07 Å². The van der Waals surface area contributed by atoms with Crippen molar-refractivity contribution in [1.29, 1.82) is 0 Å². The van der Waals surface area contributed by atoms with Gasteiger partial charge in [-0.2, -0.15) is 0 Å². The summed E-state index contributed by atoms with van der Waals surface area (Å²) in [5, 5.41) is 1.38. The number of aromatic nitrogens is 2. The Bertz CT molecular complexity index is 1070. The largest absolute Gasteiger partial charge is 0.277 e. The van der Waals surface area contributed by atoms with E-state index in [-0.39, 0.29) is 11.3 Å². The SMILES string of the molecule is O=CNNC(=O)CSc1nc2ccc(I)cc2c(=O)n1-c1ccc(Cl)cc1. The first-order chi connectivity index (χ1) is 13.0. The number of halogens is 2. The number of nitrogens with one attached hydrogen (secondary N) is 2. The topological polar surface area (TPSA) is 93.1 Å². The average molecular weight is 515 g/mol. The molecule has 3 rings (SSSR count). The van der Waals surface area contributed by atoms with E-state index in [1.165, 1.54) is 4.57 Å². The first-order valence-electron chi connectivity index (χ1n) is 7.58. The minimum atomic E-state index is -0.424. The lowest BCUT2D eigenvalue weighted by Crippen LogP contribution is -2.37. The van der Waals surface area contributed by atoms with Gasteiger partial charge in [0.25, 0.3) is 5.56 Å². The Balaban J connectivity index is 2.09. The van der Waals surface area contributed by atoms with E-state index in [9.17, 15) is 14.4 Å². The molecule has 0 bridgehead atoms. The maximum atomic E-state index is 13.1. The maximum absolute atomic E-state index is 13.1. The third-order valence-corrected chi connectivity index (χ3v) is 5.35. The van der Waals surface area contributed by atoms with Crippen molar-refractivity contribution in [3.63, 3.8) is 0 Å². The molecule has 2 aromatic carbocycles. The zero-order valence-corrected chi connectivity index (χ0v) is 17.3. The number of hydrogen-bond acceptors (Lipinski definition) is 5. The van der Waals surface area contributed by atoms with Crippen molar-refractivity contribution in [2.75, 3.05) is 5.75 Å². The highest BCUT2D eigenvalue weighted by atomic mass is 127. The third-order valence-electron chi connectivity index (χ3n) is 3.49. The van der Waals surface area contributed by atoms with E-state index >= 15 is 0 Å². The van der Waals surface area contributed by atoms with Gasteiger partial charge in [-0.25, -0.2) is 4.98 Å². The van der Waals surface area contributed by atoms with Gasteiger partial charge in [0.05, 0.1) is 22.3 Å². The van der Waals surface area contributed by atoms with Crippen LogP contribution in [-0.4, -0.2) is 27.6 Å². The molecule has 0 aliphatic rings. The van der Waals surface area contributed by atoms with Crippen LogP contribution in [0.3, 0.4) is 0 Å². The second-order valence-corrected chi connectivity index (χ2v) is 7.90. The Kier molecular flexibility index (Phi) is 6.34. The molecule has 0 aliphatic carbocycles. The number of amides is 2. The van der Waals surface area contributed by atoms with Crippen LogP contribution in [0.4, 0.5) is 0 Å². The Morgan fingerprint density at radius 3 is 2.70 bits per heavy atom. The van der Waals surface area contributed by atoms with E-state index in [4.69, 9.17) is 11.6 Å². The van der Waals surface area contributed by atoms with E-state index in [0.29, 0.717) is 33.2 Å². The smallest absolute Gasteiger partial charge is 0.266 e. The molecular formula is C17H12ClIN4O3S. The molecular weight excluding hydrogens is 503 g/mol. The molecule has 0 saturated heterocycles. The van der Waals surface area contributed by atoms with Gasteiger partial charge in [-0.1, -0.05) is 23.4 Å². The number of fused-ring (bicyclic) bond motifs is 1. The van der Waals surface area contributed by atoms with Crippen LogP contribution < -0.4 is 16.4 Å². The van der Waals surface area contributed by atoms with Crippen molar-refractivity contribution in [2.24, 2.45) is 0 Å². The highest BCUT2D eigenvalue weighted by Crippen LogP contribution is 2.23. The van der Waals surface area contributed by atoms with Gasteiger partial charge in [0.15, 0.2) is 5.16 Å². The molecule has 2 amide bonds. The second kappa shape index (κ2) is 8.72. The molecule has 27 heavy (non-hydrogen) atoms. The molecule has 0 unspecified atom stereocenters. The van der Waals surface area contributed by atoms with Crippen LogP contribution in [0.5, 0.6) is 0 Å². The minimum absolute atomic E-state index is 0.0310.